The molecule has 1 aromatic rings. The fourth-order valence-electron chi connectivity index (χ4n) is 0.721. The summed E-state index contributed by atoms with van der Waals surface area (Å²) in [6.07, 6.45) is 0. The summed E-state index contributed by atoms with van der Waals surface area (Å²) in [7, 11) is 0. The summed E-state index contributed by atoms with van der Waals surface area (Å²) >= 11 is 0. The van der Waals surface area contributed by atoms with Gasteiger partial charge in [-0.05, 0) is 12.1 Å². The summed E-state index contributed by atoms with van der Waals surface area (Å²) in [4.78, 5) is 10.6. The van der Waals surface area contributed by atoms with E-state index in [2.05, 4.69) is 0 Å². The molecule has 0 spiro atoms. The fourth-order valence-corrected chi connectivity index (χ4v) is 0.721. The van der Waals surface area contributed by atoms with Gasteiger partial charge in [0.05, 0.1) is 5.56 Å². The van der Waals surface area contributed by atoms with E-state index in [1.165, 1.54) is 0 Å². The second-order valence-electron chi connectivity index (χ2n) is 1.95. The van der Waals surface area contributed by atoms with Crippen molar-refractivity contribution in [2.45, 2.75) is 0 Å². The molecule has 0 aliphatic rings. The monoisotopic (exact) mass is 144 g/mol. The number of hydrogen-bond donors (Lipinski definition) is 2. The van der Waals surface area contributed by atoms with Gasteiger partial charge >= 0.3 is 18.9 Å². The molecule has 1 rings (SSSR count). The average molecular weight is 144 g/mol. The van der Waals surface area contributed by atoms with Gasteiger partial charge in [-0.25, -0.2) is 0 Å². The van der Waals surface area contributed by atoms with E-state index in [9.17, 15) is 4.79 Å². The van der Waals surface area contributed by atoms with Crippen molar-refractivity contribution < 1.29 is 25.1 Å². The van der Waals surface area contributed by atoms with E-state index in [1.807, 2.05) is 0 Å². The van der Waals surface area contributed by atoms with Crippen LogP contribution in [0.2, 0.25) is 0 Å². The molecule has 0 atom stereocenters. The van der Waals surface area contributed by atoms with Gasteiger partial charge in [0.1, 0.15) is 0 Å². The maximum absolute atomic E-state index is 10.6. The Kier molecular flexibility index (Phi) is 3.73. The van der Waals surface area contributed by atoms with Gasteiger partial charge in [-0.15, -0.1) is 0 Å². The fraction of sp³-hybridized carbons (Fsp3) is 0. The first-order valence-corrected chi connectivity index (χ1v) is 2.86. The van der Waals surface area contributed by atoms with Gasteiger partial charge in [-0.1, -0.05) is 12.1 Å². The van der Waals surface area contributed by atoms with E-state index in [4.69, 9.17) is 11.5 Å². The molecule has 0 aromatic heterocycles. The standard InChI is InChI=1S/C7H8N2O.Li.H/c8-6-4-2-1-3-5(6)7(9)10;;/h1-4H,8H2,(H2,9,10);;/q;+1;-1. The van der Waals surface area contributed by atoms with Crippen molar-refractivity contribution >= 4 is 11.6 Å². The van der Waals surface area contributed by atoms with Gasteiger partial charge in [-0.3, -0.25) is 4.79 Å². The number of carbonyl (C=O) groups is 1. The number of primary amides is 1. The number of rotatable bonds is 1. The molecule has 54 valence electrons. The summed E-state index contributed by atoms with van der Waals surface area (Å²) in [6.45, 7) is 0. The molecule has 4 N–H and O–H groups in total. The number of para-hydroxylation sites is 1. The predicted molar refractivity (Wildman–Crippen MR) is 40.5 cm³/mol. The Labute approximate surface area is 78.4 Å². The van der Waals surface area contributed by atoms with Crippen molar-refractivity contribution in [1.29, 1.82) is 0 Å². The van der Waals surface area contributed by atoms with Crippen molar-refractivity contribution in [3.8, 4) is 0 Å². The van der Waals surface area contributed by atoms with Crippen molar-refractivity contribution in [1.82, 2.24) is 0 Å². The molecule has 1 amide bonds. The summed E-state index contributed by atoms with van der Waals surface area (Å²) in [5.41, 5.74) is 11.2. The number of anilines is 1. The third-order valence-corrected chi connectivity index (χ3v) is 1.23. The van der Waals surface area contributed by atoms with Crippen LogP contribution < -0.4 is 30.3 Å². The Morgan fingerprint density at radius 3 is 2.27 bits per heavy atom. The van der Waals surface area contributed by atoms with Crippen LogP contribution in [0.5, 0.6) is 0 Å². The third-order valence-electron chi connectivity index (χ3n) is 1.23. The molecule has 0 unspecified atom stereocenters. The molecule has 0 heterocycles. The van der Waals surface area contributed by atoms with Crippen molar-refractivity contribution in [3.63, 3.8) is 0 Å². The summed E-state index contributed by atoms with van der Waals surface area (Å²) in [5.74, 6) is -0.488. The molecule has 4 heteroatoms. The molecule has 0 aliphatic heterocycles. The van der Waals surface area contributed by atoms with Crippen LogP contribution in [0.1, 0.15) is 11.8 Å². The van der Waals surface area contributed by atoms with Crippen molar-refractivity contribution in [2.75, 3.05) is 5.73 Å². The molecule has 1 aromatic carbocycles. The minimum atomic E-state index is -0.488. The Morgan fingerprint density at radius 2 is 1.91 bits per heavy atom. The van der Waals surface area contributed by atoms with Gasteiger partial charge in [0, 0.05) is 5.69 Å². The molecular weight excluding hydrogens is 135 g/mol. The smallest absolute Gasteiger partial charge is 1.00 e. The predicted octanol–water partition coefficient (Wildman–Crippen LogP) is -2.52. The first-order valence-electron chi connectivity index (χ1n) is 2.86. The number of benzene rings is 1. The van der Waals surface area contributed by atoms with E-state index in [0.29, 0.717) is 11.3 Å². The number of amides is 1. The SMILES string of the molecule is NC(=O)c1ccccc1N.[H-].[Li+]. The van der Waals surface area contributed by atoms with Gasteiger partial charge in [0.25, 0.3) is 5.91 Å². The number of nitrogen functional groups attached to an aromatic ring is 1. The topological polar surface area (TPSA) is 69.1 Å². The Balaban J connectivity index is 0. The molecule has 0 fully saturated rings. The van der Waals surface area contributed by atoms with E-state index in [-0.39, 0.29) is 20.3 Å². The maximum atomic E-state index is 10.6. The van der Waals surface area contributed by atoms with Crippen LogP contribution in [0.15, 0.2) is 24.3 Å². The number of carbonyl (C=O) groups excluding carboxylic acids is 1. The summed E-state index contributed by atoms with van der Waals surface area (Å²) in [5, 5.41) is 0. The zero-order valence-corrected chi connectivity index (χ0v) is 6.37. The molecular formula is C7H9LiN2O. The first kappa shape index (κ1) is 10.1. The molecule has 11 heavy (non-hydrogen) atoms. The van der Waals surface area contributed by atoms with Crippen molar-refractivity contribution in [2.24, 2.45) is 5.73 Å². The summed E-state index contributed by atoms with van der Waals surface area (Å²) in [6, 6.07) is 6.70. The normalized spacial score (nSPS) is 8.36. The van der Waals surface area contributed by atoms with E-state index in [1.54, 1.807) is 24.3 Å². The molecule has 0 aliphatic carbocycles. The van der Waals surface area contributed by atoms with Gasteiger partial charge in [0.15, 0.2) is 0 Å². The van der Waals surface area contributed by atoms with E-state index < -0.39 is 5.91 Å². The second kappa shape index (κ2) is 4.07. The van der Waals surface area contributed by atoms with Gasteiger partial charge in [0.2, 0.25) is 0 Å². The zero-order valence-electron chi connectivity index (χ0n) is 7.37. The van der Waals surface area contributed by atoms with Crippen LogP contribution in [0, 0.1) is 0 Å². The third kappa shape index (κ3) is 2.30. The zero-order chi connectivity index (χ0) is 7.56. The quantitative estimate of drug-likeness (QED) is 0.337. The molecule has 0 saturated carbocycles. The average Bonchev–Trinajstić information content (AvgIpc) is 1.88. The second-order valence-corrected chi connectivity index (χ2v) is 1.95. The van der Waals surface area contributed by atoms with E-state index >= 15 is 0 Å². The Hall–Kier alpha value is -0.913. The largest absolute Gasteiger partial charge is 1.00 e. The van der Waals surface area contributed by atoms with Gasteiger partial charge in [-0.2, -0.15) is 0 Å². The maximum Gasteiger partial charge on any atom is 1.00 e. The minimum Gasteiger partial charge on any atom is -1.00 e. The van der Waals surface area contributed by atoms with Gasteiger partial charge < -0.3 is 12.9 Å². The van der Waals surface area contributed by atoms with Crippen LogP contribution in [-0.2, 0) is 0 Å². The van der Waals surface area contributed by atoms with Crippen LogP contribution >= 0.6 is 0 Å². The van der Waals surface area contributed by atoms with Crippen molar-refractivity contribution in [3.05, 3.63) is 29.8 Å². The molecule has 0 radical (unpaired) electrons. The Morgan fingerprint density at radius 1 is 1.36 bits per heavy atom. The number of hydrogen-bond acceptors (Lipinski definition) is 2. The first-order chi connectivity index (χ1) is 4.72. The van der Waals surface area contributed by atoms with Crippen LogP contribution in [0.4, 0.5) is 5.69 Å². The van der Waals surface area contributed by atoms with Crippen LogP contribution in [0.25, 0.3) is 0 Å². The van der Waals surface area contributed by atoms with Crippen LogP contribution in [0.3, 0.4) is 0 Å². The van der Waals surface area contributed by atoms with Crippen LogP contribution in [-0.4, -0.2) is 5.91 Å². The minimum absolute atomic E-state index is 0. The Bertz CT molecular complexity index is 267. The number of nitrogens with two attached hydrogens (primary N) is 2. The molecule has 0 saturated heterocycles. The van der Waals surface area contributed by atoms with E-state index in [0.717, 1.165) is 0 Å². The molecule has 3 nitrogen and oxygen atoms in total. The summed E-state index contributed by atoms with van der Waals surface area (Å²) < 4.78 is 0. The molecule has 0 bridgehead atoms.